The molecule has 1 atom stereocenters. The van der Waals surface area contributed by atoms with E-state index >= 15 is 0 Å². The van der Waals surface area contributed by atoms with Gasteiger partial charge in [-0.3, -0.25) is 4.90 Å². The summed E-state index contributed by atoms with van der Waals surface area (Å²) in [5.74, 6) is 0.967. The van der Waals surface area contributed by atoms with Crippen molar-refractivity contribution in [1.82, 2.24) is 4.90 Å². The zero-order valence-corrected chi connectivity index (χ0v) is 13.8. The van der Waals surface area contributed by atoms with Crippen molar-refractivity contribution in [3.63, 3.8) is 0 Å². The smallest absolute Gasteiger partial charge is 0.119 e. The minimum atomic E-state index is 0.198. The lowest BCUT2D eigenvalue weighted by molar-refractivity contribution is 0.213. The summed E-state index contributed by atoms with van der Waals surface area (Å²) in [5, 5.41) is 0. The highest BCUT2D eigenvalue weighted by atomic mass is 16.5. The highest BCUT2D eigenvalue weighted by Gasteiger charge is 2.14. The van der Waals surface area contributed by atoms with Crippen LogP contribution in [0.3, 0.4) is 0 Å². The predicted octanol–water partition coefficient (Wildman–Crippen LogP) is 3.18. The van der Waals surface area contributed by atoms with Crippen LogP contribution in [0.4, 0.5) is 0 Å². The largest absolute Gasteiger partial charge is 0.492 e. The minimum Gasteiger partial charge on any atom is -0.492 e. The number of nitrogens with zero attached hydrogens (tertiary/aromatic N) is 1. The zero-order chi connectivity index (χ0) is 15.3. The Labute approximate surface area is 129 Å². The van der Waals surface area contributed by atoms with Gasteiger partial charge in [0.05, 0.1) is 0 Å². The van der Waals surface area contributed by atoms with Crippen molar-refractivity contribution < 1.29 is 4.74 Å². The number of hydrogen-bond donors (Lipinski definition) is 1. The molecule has 1 fully saturated rings. The highest BCUT2D eigenvalue weighted by Crippen LogP contribution is 2.24. The maximum atomic E-state index is 6.01. The van der Waals surface area contributed by atoms with Crippen LogP contribution in [-0.2, 0) is 5.41 Å². The first-order chi connectivity index (χ1) is 9.95. The van der Waals surface area contributed by atoms with Gasteiger partial charge in [-0.05, 0) is 55.5 Å². The lowest BCUT2D eigenvalue weighted by atomic mass is 9.87. The first kappa shape index (κ1) is 16.3. The Morgan fingerprint density at radius 1 is 1.14 bits per heavy atom. The number of rotatable bonds is 4. The first-order valence-corrected chi connectivity index (χ1v) is 8.16. The van der Waals surface area contributed by atoms with Gasteiger partial charge in [0.15, 0.2) is 0 Å². The summed E-state index contributed by atoms with van der Waals surface area (Å²) >= 11 is 0. The van der Waals surface area contributed by atoms with Crippen LogP contribution in [0.25, 0.3) is 0 Å². The van der Waals surface area contributed by atoms with Crippen LogP contribution in [0.2, 0.25) is 0 Å². The average molecular weight is 290 g/mol. The molecule has 1 saturated heterocycles. The van der Waals surface area contributed by atoms with Crippen molar-refractivity contribution in [3.8, 4) is 5.75 Å². The summed E-state index contributed by atoms with van der Waals surface area (Å²) in [7, 11) is 0. The maximum Gasteiger partial charge on any atom is 0.119 e. The molecule has 1 aliphatic heterocycles. The molecule has 0 spiro atoms. The monoisotopic (exact) mass is 290 g/mol. The molecule has 0 aliphatic carbocycles. The molecule has 1 aromatic rings. The topological polar surface area (TPSA) is 38.5 Å². The van der Waals surface area contributed by atoms with Gasteiger partial charge in [-0.25, -0.2) is 0 Å². The van der Waals surface area contributed by atoms with E-state index in [1.165, 1.54) is 12.0 Å². The molecule has 0 saturated carbocycles. The second kappa shape index (κ2) is 7.28. The Bertz CT molecular complexity index is 422. The molecule has 3 nitrogen and oxygen atoms in total. The molecule has 1 unspecified atom stereocenters. The van der Waals surface area contributed by atoms with E-state index in [9.17, 15) is 0 Å². The fourth-order valence-electron chi connectivity index (χ4n) is 2.75. The standard InChI is InChI=1S/C18H30N2O/c1-18(2,3)15-6-8-17(9-7-15)21-14-13-20-11-4-5-16(19)10-12-20/h6-9,16H,4-5,10-14,19H2,1-3H3. The van der Waals surface area contributed by atoms with Gasteiger partial charge in [-0.2, -0.15) is 0 Å². The zero-order valence-electron chi connectivity index (χ0n) is 13.8. The Kier molecular flexibility index (Phi) is 5.65. The van der Waals surface area contributed by atoms with E-state index in [0.29, 0.717) is 6.04 Å². The van der Waals surface area contributed by atoms with Gasteiger partial charge in [0.1, 0.15) is 12.4 Å². The summed E-state index contributed by atoms with van der Waals surface area (Å²) in [5.41, 5.74) is 7.55. The van der Waals surface area contributed by atoms with Crippen LogP contribution in [0.1, 0.15) is 45.6 Å². The maximum absolute atomic E-state index is 6.01. The van der Waals surface area contributed by atoms with Gasteiger partial charge >= 0.3 is 0 Å². The Morgan fingerprint density at radius 2 is 1.86 bits per heavy atom. The first-order valence-electron chi connectivity index (χ1n) is 8.16. The van der Waals surface area contributed by atoms with Gasteiger partial charge < -0.3 is 10.5 Å². The summed E-state index contributed by atoms with van der Waals surface area (Å²) in [6.07, 6.45) is 3.48. The van der Waals surface area contributed by atoms with E-state index in [1.54, 1.807) is 0 Å². The Morgan fingerprint density at radius 3 is 2.52 bits per heavy atom. The predicted molar refractivity (Wildman–Crippen MR) is 88.9 cm³/mol. The summed E-state index contributed by atoms with van der Waals surface area (Å²) in [4.78, 5) is 2.47. The van der Waals surface area contributed by atoms with E-state index in [2.05, 4.69) is 49.9 Å². The van der Waals surface area contributed by atoms with E-state index < -0.39 is 0 Å². The van der Waals surface area contributed by atoms with Crippen molar-refractivity contribution in [3.05, 3.63) is 29.8 Å². The number of hydrogen-bond acceptors (Lipinski definition) is 3. The molecule has 1 aromatic carbocycles. The van der Waals surface area contributed by atoms with Gasteiger partial charge in [-0.15, -0.1) is 0 Å². The summed E-state index contributed by atoms with van der Waals surface area (Å²) < 4.78 is 5.87. The molecule has 0 amide bonds. The minimum absolute atomic E-state index is 0.198. The van der Waals surface area contributed by atoms with Crippen molar-refractivity contribution in [1.29, 1.82) is 0 Å². The third-order valence-corrected chi connectivity index (χ3v) is 4.26. The SMILES string of the molecule is CC(C)(C)c1ccc(OCCN2CCCC(N)CC2)cc1. The molecule has 3 heteroatoms. The normalized spacial score (nSPS) is 21.0. The molecule has 1 heterocycles. The second-order valence-electron chi connectivity index (χ2n) is 7.16. The molecule has 118 valence electrons. The van der Waals surface area contributed by atoms with E-state index in [4.69, 9.17) is 10.5 Å². The van der Waals surface area contributed by atoms with Gasteiger partial charge in [-0.1, -0.05) is 32.9 Å². The van der Waals surface area contributed by atoms with Crippen LogP contribution in [0.5, 0.6) is 5.75 Å². The molecule has 21 heavy (non-hydrogen) atoms. The number of ether oxygens (including phenoxy) is 1. The third kappa shape index (κ3) is 5.33. The molecular formula is C18H30N2O. The Balaban J connectivity index is 1.75. The van der Waals surface area contributed by atoms with E-state index in [-0.39, 0.29) is 5.41 Å². The van der Waals surface area contributed by atoms with Crippen molar-refractivity contribution in [2.75, 3.05) is 26.2 Å². The number of benzene rings is 1. The lowest BCUT2D eigenvalue weighted by Gasteiger charge is -2.21. The Hall–Kier alpha value is -1.06. The van der Waals surface area contributed by atoms with Crippen molar-refractivity contribution in [2.24, 2.45) is 5.73 Å². The molecule has 2 rings (SSSR count). The quantitative estimate of drug-likeness (QED) is 0.925. The average Bonchev–Trinajstić information content (AvgIpc) is 2.63. The molecule has 0 bridgehead atoms. The molecule has 0 radical (unpaired) electrons. The summed E-state index contributed by atoms with van der Waals surface area (Å²) in [6, 6.07) is 8.89. The molecule has 0 aromatic heterocycles. The van der Waals surface area contributed by atoms with Crippen LogP contribution < -0.4 is 10.5 Å². The van der Waals surface area contributed by atoms with Gasteiger partial charge in [0, 0.05) is 12.6 Å². The van der Waals surface area contributed by atoms with Crippen LogP contribution >= 0.6 is 0 Å². The van der Waals surface area contributed by atoms with Gasteiger partial charge in [0.25, 0.3) is 0 Å². The van der Waals surface area contributed by atoms with Crippen LogP contribution in [-0.4, -0.2) is 37.2 Å². The van der Waals surface area contributed by atoms with Gasteiger partial charge in [0.2, 0.25) is 0 Å². The highest BCUT2D eigenvalue weighted by molar-refractivity contribution is 5.31. The summed E-state index contributed by atoms with van der Waals surface area (Å²) in [6.45, 7) is 10.7. The van der Waals surface area contributed by atoms with Crippen molar-refractivity contribution in [2.45, 2.75) is 51.5 Å². The molecule has 2 N–H and O–H groups in total. The fraction of sp³-hybridized carbons (Fsp3) is 0.667. The van der Waals surface area contributed by atoms with Crippen molar-refractivity contribution >= 4 is 0 Å². The molecule has 1 aliphatic rings. The molecular weight excluding hydrogens is 260 g/mol. The van der Waals surface area contributed by atoms with E-state index in [1.807, 2.05) is 0 Å². The second-order valence-corrected chi connectivity index (χ2v) is 7.16. The lowest BCUT2D eigenvalue weighted by Crippen LogP contribution is -2.30. The van der Waals surface area contributed by atoms with E-state index in [0.717, 1.165) is 44.8 Å². The number of nitrogens with two attached hydrogens (primary N) is 1. The number of likely N-dealkylation sites (tertiary alicyclic amines) is 1. The third-order valence-electron chi connectivity index (χ3n) is 4.26. The fourth-order valence-corrected chi connectivity index (χ4v) is 2.75. The van der Waals surface area contributed by atoms with Crippen LogP contribution in [0.15, 0.2) is 24.3 Å². The van der Waals surface area contributed by atoms with Crippen LogP contribution in [0, 0.1) is 0 Å².